The molecule has 21 heavy (non-hydrogen) atoms. The van der Waals surface area contributed by atoms with Gasteiger partial charge in [0.2, 0.25) is 0 Å². The van der Waals surface area contributed by atoms with E-state index >= 15 is 0 Å². The Balaban J connectivity index is 2.69. The molecular formula is C15H20N2O4. The van der Waals surface area contributed by atoms with E-state index < -0.39 is 0 Å². The summed E-state index contributed by atoms with van der Waals surface area (Å²) in [4.78, 5) is 21.3. The standard InChI is InChI=1S/C15H20N2O4/c1-11(16-20-4)12(2)17-21-10-14-8-6-5-7-13(14)9-15(18)19-3/h5-8H,9-10H2,1-4H3/b16-11+,17-12+. The van der Waals surface area contributed by atoms with Crippen LogP contribution in [0.2, 0.25) is 0 Å². The molecule has 0 saturated carbocycles. The Morgan fingerprint density at radius 1 is 1.05 bits per heavy atom. The number of rotatable bonds is 7. The molecule has 0 saturated heterocycles. The van der Waals surface area contributed by atoms with Gasteiger partial charge in [-0.3, -0.25) is 4.79 Å². The van der Waals surface area contributed by atoms with Crippen molar-refractivity contribution in [1.29, 1.82) is 0 Å². The summed E-state index contributed by atoms with van der Waals surface area (Å²) in [6.45, 7) is 3.82. The predicted octanol–water partition coefficient (Wildman–Crippen LogP) is 2.32. The number of oxime groups is 2. The number of carbonyl (C=O) groups excluding carboxylic acids is 1. The molecule has 0 radical (unpaired) electrons. The molecule has 6 heteroatoms. The summed E-state index contributed by atoms with van der Waals surface area (Å²) < 4.78 is 4.67. The molecule has 0 heterocycles. The van der Waals surface area contributed by atoms with Gasteiger partial charge in [-0.25, -0.2) is 0 Å². The summed E-state index contributed by atoms with van der Waals surface area (Å²) >= 11 is 0. The lowest BCUT2D eigenvalue weighted by Gasteiger charge is -2.08. The van der Waals surface area contributed by atoms with Crippen molar-refractivity contribution in [3.8, 4) is 0 Å². The minimum absolute atomic E-state index is 0.211. The number of ether oxygens (including phenoxy) is 1. The second-order valence-electron chi connectivity index (χ2n) is 4.33. The van der Waals surface area contributed by atoms with Crippen LogP contribution < -0.4 is 0 Å². The molecule has 0 fully saturated rings. The number of esters is 1. The lowest BCUT2D eigenvalue weighted by atomic mass is 10.1. The lowest BCUT2D eigenvalue weighted by Crippen LogP contribution is -2.08. The molecule has 0 N–H and O–H groups in total. The number of nitrogens with zero attached hydrogens (tertiary/aromatic N) is 2. The minimum Gasteiger partial charge on any atom is -0.469 e. The number of hydrogen-bond donors (Lipinski definition) is 0. The van der Waals surface area contributed by atoms with Crippen LogP contribution in [0.5, 0.6) is 0 Å². The molecule has 0 aliphatic carbocycles. The maximum Gasteiger partial charge on any atom is 0.309 e. The molecule has 1 rings (SSSR count). The second-order valence-corrected chi connectivity index (χ2v) is 4.33. The SMILES string of the molecule is CO/N=C(C)/C(C)=N/OCc1ccccc1CC(=O)OC. The van der Waals surface area contributed by atoms with Crippen LogP contribution in [0.15, 0.2) is 34.6 Å². The Morgan fingerprint density at radius 3 is 2.29 bits per heavy atom. The van der Waals surface area contributed by atoms with E-state index in [1.807, 2.05) is 24.3 Å². The van der Waals surface area contributed by atoms with E-state index in [0.29, 0.717) is 11.4 Å². The minimum atomic E-state index is -0.287. The molecule has 0 aromatic heterocycles. The summed E-state index contributed by atoms with van der Waals surface area (Å²) in [5.41, 5.74) is 3.02. The van der Waals surface area contributed by atoms with Crippen LogP contribution in [-0.4, -0.2) is 31.6 Å². The second kappa shape index (κ2) is 8.73. The summed E-state index contributed by atoms with van der Waals surface area (Å²) in [6.07, 6.45) is 0.211. The number of carbonyl (C=O) groups is 1. The molecule has 0 aliphatic heterocycles. The van der Waals surface area contributed by atoms with Crippen molar-refractivity contribution in [1.82, 2.24) is 0 Å². The summed E-state index contributed by atoms with van der Waals surface area (Å²) in [6, 6.07) is 7.50. The van der Waals surface area contributed by atoms with Crippen molar-refractivity contribution in [3.05, 3.63) is 35.4 Å². The van der Waals surface area contributed by atoms with E-state index in [0.717, 1.165) is 11.1 Å². The molecule has 1 aromatic rings. The summed E-state index contributed by atoms with van der Waals surface area (Å²) in [5.74, 6) is -0.287. The number of hydrogen-bond acceptors (Lipinski definition) is 6. The third-order valence-electron chi connectivity index (χ3n) is 2.85. The highest BCUT2D eigenvalue weighted by molar-refractivity contribution is 6.40. The quantitative estimate of drug-likeness (QED) is 0.439. The largest absolute Gasteiger partial charge is 0.469 e. The van der Waals surface area contributed by atoms with E-state index in [4.69, 9.17) is 4.84 Å². The van der Waals surface area contributed by atoms with Crippen molar-refractivity contribution >= 4 is 17.4 Å². The topological polar surface area (TPSA) is 69.5 Å². The van der Waals surface area contributed by atoms with Crippen molar-refractivity contribution in [2.75, 3.05) is 14.2 Å². The Labute approximate surface area is 124 Å². The molecule has 0 bridgehead atoms. The van der Waals surface area contributed by atoms with Crippen molar-refractivity contribution in [2.45, 2.75) is 26.9 Å². The number of benzene rings is 1. The molecule has 6 nitrogen and oxygen atoms in total. The first-order valence-corrected chi connectivity index (χ1v) is 6.46. The van der Waals surface area contributed by atoms with Gasteiger partial charge in [-0.15, -0.1) is 0 Å². The van der Waals surface area contributed by atoms with E-state index in [9.17, 15) is 4.79 Å². The van der Waals surface area contributed by atoms with Gasteiger partial charge in [-0.05, 0) is 25.0 Å². The first-order valence-electron chi connectivity index (χ1n) is 6.46. The molecule has 0 aliphatic rings. The fraction of sp³-hybridized carbons (Fsp3) is 0.400. The fourth-order valence-electron chi connectivity index (χ4n) is 1.57. The Hall–Kier alpha value is -2.37. The summed E-state index contributed by atoms with van der Waals surface area (Å²) in [7, 11) is 2.84. The zero-order chi connectivity index (χ0) is 15.7. The molecule has 0 unspecified atom stereocenters. The van der Waals surface area contributed by atoms with Gasteiger partial charge in [0.05, 0.1) is 13.5 Å². The van der Waals surface area contributed by atoms with Crippen LogP contribution >= 0.6 is 0 Å². The van der Waals surface area contributed by atoms with Crippen LogP contribution in [0.1, 0.15) is 25.0 Å². The fourth-order valence-corrected chi connectivity index (χ4v) is 1.57. The average Bonchev–Trinajstić information content (AvgIpc) is 2.48. The highest BCUT2D eigenvalue weighted by atomic mass is 16.6. The first kappa shape index (κ1) is 16.7. The zero-order valence-electron chi connectivity index (χ0n) is 12.8. The van der Waals surface area contributed by atoms with E-state index in [1.165, 1.54) is 14.2 Å². The third-order valence-corrected chi connectivity index (χ3v) is 2.85. The molecule has 0 spiro atoms. The van der Waals surface area contributed by atoms with Crippen molar-refractivity contribution < 1.29 is 19.2 Å². The van der Waals surface area contributed by atoms with Crippen molar-refractivity contribution in [3.63, 3.8) is 0 Å². The zero-order valence-corrected chi connectivity index (χ0v) is 12.8. The Bertz CT molecular complexity index is 538. The van der Waals surface area contributed by atoms with Gasteiger partial charge in [0, 0.05) is 0 Å². The van der Waals surface area contributed by atoms with Gasteiger partial charge in [0.1, 0.15) is 25.1 Å². The van der Waals surface area contributed by atoms with Gasteiger partial charge in [0.25, 0.3) is 0 Å². The van der Waals surface area contributed by atoms with Crippen LogP contribution in [0.25, 0.3) is 0 Å². The van der Waals surface area contributed by atoms with Gasteiger partial charge in [-0.1, -0.05) is 34.6 Å². The Kier molecular flexibility index (Phi) is 6.94. The Morgan fingerprint density at radius 2 is 1.67 bits per heavy atom. The van der Waals surface area contributed by atoms with Crippen LogP contribution in [0, 0.1) is 0 Å². The number of methoxy groups -OCH3 is 1. The smallest absolute Gasteiger partial charge is 0.309 e. The van der Waals surface area contributed by atoms with Crippen LogP contribution in [0.3, 0.4) is 0 Å². The molecule has 114 valence electrons. The maximum absolute atomic E-state index is 11.4. The van der Waals surface area contributed by atoms with Crippen LogP contribution in [-0.2, 0) is 32.2 Å². The molecule has 1 aromatic carbocycles. The monoisotopic (exact) mass is 292 g/mol. The van der Waals surface area contributed by atoms with Gasteiger partial charge in [-0.2, -0.15) is 0 Å². The third kappa shape index (κ3) is 5.64. The highest BCUT2D eigenvalue weighted by Crippen LogP contribution is 2.11. The molecular weight excluding hydrogens is 272 g/mol. The van der Waals surface area contributed by atoms with E-state index in [-0.39, 0.29) is 19.0 Å². The molecule has 0 atom stereocenters. The average molecular weight is 292 g/mol. The highest BCUT2D eigenvalue weighted by Gasteiger charge is 2.08. The van der Waals surface area contributed by atoms with E-state index in [1.54, 1.807) is 13.8 Å². The van der Waals surface area contributed by atoms with E-state index in [2.05, 4.69) is 19.9 Å². The first-order chi connectivity index (χ1) is 10.1. The van der Waals surface area contributed by atoms with Crippen molar-refractivity contribution in [2.24, 2.45) is 10.3 Å². The van der Waals surface area contributed by atoms with Crippen LogP contribution in [0.4, 0.5) is 0 Å². The maximum atomic E-state index is 11.4. The predicted molar refractivity (Wildman–Crippen MR) is 80.2 cm³/mol. The van der Waals surface area contributed by atoms with Gasteiger partial charge < -0.3 is 14.4 Å². The lowest BCUT2D eigenvalue weighted by molar-refractivity contribution is -0.139. The van der Waals surface area contributed by atoms with Gasteiger partial charge in [0.15, 0.2) is 0 Å². The summed E-state index contributed by atoms with van der Waals surface area (Å²) in [5, 5.41) is 7.73. The van der Waals surface area contributed by atoms with Gasteiger partial charge >= 0.3 is 5.97 Å². The molecule has 0 amide bonds. The normalized spacial score (nSPS) is 12.0.